The second-order valence-electron chi connectivity index (χ2n) is 8.46. The Morgan fingerprint density at radius 3 is 2.62 bits per heavy atom. The third-order valence-electron chi connectivity index (χ3n) is 5.83. The molecule has 0 aliphatic carbocycles. The van der Waals surface area contributed by atoms with E-state index in [-0.39, 0.29) is 5.91 Å². The third kappa shape index (κ3) is 4.82. The highest BCUT2D eigenvalue weighted by atomic mass is 16.4. The Balaban J connectivity index is 1.34. The number of rotatable bonds is 5. The van der Waals surface area contributed by atoms with Crippen molar-refractivity contribution in [2.45, 2.75) is 6.92 Å². The number of pyridine rings is 2. The van der Waals surface area contributed by atoms with Crippen LogP contribution < -0.4 is 5.32 Å². The summed E-state index contributed by atoms with van der Waals surface area (Å²) in [5.74, 6) is 2.42. The summed E-state index contributed by atoms with van der Waals surface area (Å²) in [7, 11) is 2.07. The van der Waals surface area contributed by atoms with Crippen LogP contribution >= 0.6 is 0 Å². The Morgan fingerprint density at radius 2 is 1.79 bits per heavy atom. The molecule has 1 fully saturated rings. The third-order valence-corrected chi connectivity index (χ3v) is 5.83. The Kier molecular flexibility index (Phi) is 6.05. The van der Waals surface area contributed by atoms with Crippen LogP contribution in [0.2, 0.25) is 0 Å². The van der Waals surface area contributed by atoms with Crippen molar-refractivity contribution in [3.05, 3.63) is 78.1 Å². The molecule has 8 nitrogen and oxygen atoms in total. The van der Waals surface area contributed by atoms with E-state index in [1.54, 1.807) is 12.4 Å². The Morgan fingerprint density at radius 1 is 0.971 bits per heavy atom. The number of anilines is 2. The van der Waals surface area contributed by atoms with E-state index in [1.165, 1.54) is 0 Å². The van der Waals surface area contributed by atoms with Gasteiger partial charge in [0.25, 0.3) is 5.91 Å². The Hall–Kier alpha value is -4.04. The first-order valence-corrected chi connectivity index (χ1v) is 11.3. The van der Waals surface area contributed by atoms with Crippen LogP contribution in [0.3, 0.4) is 0 Å². The molecule has 1 N–H and O–H groups in total. The van der Waals surface area contributed by atoms with Crippen LogP contribution in [0, 0.1) is 6.92 Å². The van der Waals surface area contributed by atoms with Crippen molar-refractivity contribution < 1.29 is 9.21 Å². The molecule has 4 heterocycles. The van der Waals surface area contributed by atoms with E-state index in [2.05, 4.69) is 32.2 Å². The summed E-state index contributed by atoms with van der Waals surface area (Å²) in [5, 5.41) is 3.22. The van der Waals surface area contributed by atoms with E-state index in [1.807, 2.05) is 66.4 Å². The molecule has 1 saturated heterocycles. The first-order valence-electron chi connectivity index (χ1n) is 11.3. The van der Waals surface area contributed by atoms with Crippen molar-refractivity contribution in [1.82, 2.24) is 24.8 Å². The SMILES string of the molecule is Cc1ccnc(Nc2cccc(-c3cnc(-c4cccc(C(=O)N5CCN(C)CC5)c4)o3)n2)c1. The topological polar surface area (TPSA) is 87.4 Å². The standard InChI is InChI=1S/C26H26N6O2/c1-18-9-10-27-24(15-18)30-23-8-4-7-21(29-23)22-17-28-25(34-22)19-5-3-6-20(16-19)26(33)32-13-11-31(2)12-14-32/h3-10,15-17H,11-14H2,1-2H3,(H,27,29,30). The van der Waals surface area contributed by atoms with Gasteiger partial charge in [-0.15, -0.1) is 0 Å². The maximum Gasteiger partial charge on any atom is 0.253 e. The highest BCUT2D eigenvalue weighted by Gasteiger charge is 2.21. The molecule has 4 aromatic rings. The maximum atomic E-state index is 13.0. The van der Waals surface area contributed by atoms with E-state index in [9.17, 15) is 4.79 Å². The van der Waals surface area contributed by atoms with Gasteiger partial charge in [0.1, 0.15) is 17.3 Å². The fourth-order valence-electron chi connectivity index (χ4n) is 3.88. The monoisotopic (exact) mass is 454 g/mol. The molecule has 3 aromatic heterocycles. The Bertz CT molecular complexity index is 1310. The van der Waals surface area contributed by atoms with Gasteiger partial charge in [-0.25, -0.2) is 15.0 Å². The van der Waals surface area contributed by atoms with Gasteiger partial charge in [0.2, 0.25) is 5.89 Å². The first kappa shape index (κ1) is 21.8. The summed E-state index contributed by atoms with van der Waals surface area (Å²) < 4.78 is 6.03. The molecule has 1 aromatic carbocycles. The molecule has 0 atom stereocenters. The summed E-state index contributed by atoms with van der Waals surface area (Å²) in [5.41, 5.74) is 3.16. The van der Waals surface area contributed by atoms with Crippen molar-refractivity contribution in [2.75, 3.05) is 38.5 Å². The molecular weight excluding hydrogens is 428 g/mol. The molecular formula is C26H26N6O2. The minimum Gasteiger partial charge on any atom is -0.434 e. The summed E-state index contributed by atoms with van der Waals surface area (Å²) in [6, 6.07) is 17.0. The fourth-order valence-corrected chi connectivity index (χ4v) is 3.88. The Labute approximate surface area is 198 Å². The average molecular weight is 455 g/mol. The smallest absolute Gasteiger partial charge is 0.253 e. The molecule has 0 spiro atoms. The van der Waals surface area contributed by atoms with E-state index in [0.717, 1.165) is 43.1 Å². The van der Waals surface area contributed by atoms with Crippen molar-refractivity contribution in [2.24, 2.45) is 0 Å². The van der Waals surface area contributed by atoms with Crippen molar-refractivity contribution in [3.63, 3.8) is 0 Å². The summed E-state index contributed by atoms with van der Waals surface area (Å²) in [6.07, 6.45) is 3.41. The predicted molar refractivity (Wildman–Crippen MR) is 131 cm³/mol. The zero-order chi connectivity index (χ0) is 23.5. The van der Waals surface area contributed by atoms with E-state index in [0.29, 0.717) is 28.7 Å². The van der Waals surface area contributed by atoms with E-state index >= 15 is 0 Å². The lowest BCUT2D eigenvalue weighted by Crippen LogP contribution is -2.47. The van der Waals surface area contributed by atoms with Crippen LogP contribution in [0.15, 0.2) is 71.4 Å². The number of nitrogens with zero attached hydrogens (tertiary/aromatic N) is 5. The van der Waals surface area contributed by atoms with Gasteiger partial charge in [0.15, 0.2) is 5.76 Å². The number of piperazine rings is 1. The molecule has 8 heteroatoms. The first-order chi connectivity index (χ1) is 16.5. The maximum absolute atomic E-state index is 13.0. The largest absolute Gasteiger partial charge is 0.434 e. The lowest BCUT2D eigenvalue weighted by atomic mass is 10.1. The number of nitrogens with one attached hydrogen (secondary N) is 1. The van der Waals surface area contributed by atoms with Gasteiger partial charge < -0.3 is 19.5 Å². The normalized spacial score (nSPS) is 14.2. The molecule has 34 heavy (non-hydrogen) atoms. The zero-order valence-electron chi connectivity index (χ0n) is 19.2. The van der Waals surface area contributed by atoms with Crippen LogP contribution in [0.25, 0.3) is 22.9 Å². The quantitative estimate of drug-likeness (QED) is 0.483. The number of carbonyl (C=O) groups excluding carboxylic acids is 1. The molecule has 0 unspecified atom stereocenters. The zero-order valence-corrected chi connectivity index (χ0v) is 19.2. The molecule has 172 valence electrons. The number of benzene rings is 1. The molecule has 0 radical (unpaired) electrons. The summed E-state index contributed by atoms with van der Waals surface area (Å²) >= 11 is 0. The number of likely N-dealkylation sites (N-methyl/N-ethyl adjacent to an activating group) is 1. The number of oxazole rings is 1. The number of carbonyl (C=O) groups is 1. The van der Waals surface area contributed by atoms with Crippen LogP contribution in [-0.4, -0.2) is 63.9 Å². The predicted octanol–water partition coefficient (Wildman–Crippen LogP) is 4.24. The van der Waals surface area contributed by atoms with Crippen LogP contribution in [0.1, 0.15) is 15.9 Å². The molecule has 0 bridgehead atoms. The highest BCUT2D eigenvalue weighted by molar-refractivity contribution is 5.95. The molecule has 1 aliphatic heterocycles. The van der Waals surface area contributed by atoms with Gasteiger partial charge in [-0.3, -0.25) is 4.79 Å². The van der Waals surface area contributed by atoms with Crippen molar-refractivity contribution in [3.8, 4) is 22.9 Å². The number of aromatic nitrogens is 3. The lowest BCUT2D eigenvalue weighted by molar-refractivity contribution is 0.0664. The second kappa shape index (κ2) is 9.44. The molecule has 0 saturated carbocycles. The minimum absolute atomic E-state index is 0.0342. The molecule has 1 aliphatic rings. The number of hydrogen-bond donors (Lipinski definition) is 1. The van der Waals surface area contributed by atoms with Crippen molar-refractivity contribution >= 4 is 17.5 Å². The van der Waals surface area contributed by atoms with Gasteiger partial charge in [0, 0.05) is 43.5 Å². The van der Waals surface area contributed by atoms with Gasteiger partial charge in [0.05, 0.1) is 6.20 Å². The van der Waals surface area contributed by atoms with Gasteiger partial charge >= 0.3 is 0 Å². The van der Waals surface area contributed by atoms with E-state index in [4.69, 9.17) is 4.42 Å². The number of amides is 1. The minimum atomic E-state index is 0.0342. The molecule has 5 rings (SSSR count). The fraction of sp³-hybridized carbons (Fsp3) is 0.231. The summed E-state index contributed by atoms with van der Waals surface area (Å²) in [4.78, 5) is 30.5. The summed E-state index contributed by atoms with van der Waals surface area (Å²) in [6.45, 7) is 5.25. The van der Waals surface area contributed by atoms with Gasteiger partial charge in [-0.1, -0.05) is 12.1 Å². The molecule has 1 amide bonds. The van der Waals surface area contributed by atoms with Crippen molar-refractivity contribution in [1.29, 1.82) is 0 Å². The van der Waals surface area contributed by atoms with Gasteiger partial charge in [-0.05, 0) is 62.0 Å². The van der Waals surface area contributed by atoms with Crippen LogP contribution in [-0.2, 0) is 0 Å². The van der Waals surface area contributed by atoms with Crippen LogP contribution in [0.4, 0.5) is 11.6 Å². The second-order valence-corrected chi connectivity index (χ2v) is 8.46. The number of hydrogen-bond acceptors (Lipinski definition) is 7. The number of aryl methyl sites for hydroxylation is 1. The van der Waals surface area contributed by atoms with E-state index < -0.39 is 0 Å². The highest BCUT2D eigenvalue weighted by Crippen LogP contribution is 2.27. The average Bonchev–Trinajstić information content (AvgIpc) is 3.35. The van der Waals surface area contributed by atoms with Crippen LogP contribution in [0.5, 0.6) is 0 Å². The van der Waals surface area contributed by atoms with Gasteiger partial charge in [-0.2, -0.15) is 0 Å². The lowest BCUT2D eigenvalue weighted by Gasteiger charge is -2.32.